The lowest BCUT2D eigenvalue weighted by Gasteiger charge is -2.46. The minimum atomic E-state index is -2.87. The van der Waals surface area contributed by atoms with Gasteiger partial charge >= 0.3 is 6.09 Å². The van der Waals surface area contributed by atoms with Gasteiger partial charge in [-0.1, -0.05) is 99.6 Å². The van der Waals surface area contributed by atoms with E-state index in [-0.39, 0.29) is 29.9 Å². The minimum absolute atomic E-state index is 0.00323. The lowest BCUT2D eigenvalue weighted by molar-refractivity contribution is -0.385. The zero-order valence-electron chi connectivity index (χ0n) is 26.7. The third-order valence-corrected chi connectivity index (χ3v) is 12.9. The first-order valence-corrected chi connectivity index (χ1v) is 17.0. The molecule has 0 saturated carbocycles. The predicted molar refractivity (Wildman–Crippen MR) is 177 cm³/mol. The second-order valence-corrected chi connectivity index (χ2v) is 17.5. The summed E-state index contributed by atoms with van der Waals surface area (Å²) in [6.45, 7) is 14.6. The number of morpholine rings is 1. The number of benzene rings is 3. The Balaban J connectivity index is 1.71. The first-order chi connectivity index (χ1) is 20.7. The highest BCUT2D eigenvalue weighted by atomic mass is 28.4. The molecule has 0 radical (unpaired) electrons. The van der Waals surface area contributed by atoms with E-state index in [0.717, 1.165) is 10.4 Å². The lowest BCUT2D eigenvalue weighted by atomic mass is 10.1. The van der Waals surface area contributed by atoms with Crippen molar-refractivity contribution in [2.45, 2.75) is 77.4 Å². The van der Waals surface area contributed by atoms with Gasteiger partial charge in [-0.2, -0.15) is 0 Å². The Bertz CT molecular complexity index is 1410. The van der Waals surface area contributed by atoms with Gasteiger partial charge in [-0.3, -0.25) is 15.0 Å². The fourth-order valence-electron chi connectivity index (χ4n) is 5.76. The summed E-state index contributed by atoms with van der Waals surface area (Å²) in [5.41, 5.74) is -0.210. The molecule has 1 fully saturated rings. The number of carbonyl (C=O) groups is 1. The smallest absolute Gasteiger partial charge is 0.410 e. The highest BCUT2D eigenvalue weighted by Crippen LogP contribution is 2.37. The molecular formula is C35H44N2O6Si. The highest BCUT2D eigenvalue weighted by molar-refractivity contribution is 6.99. The molecule has 1 saturated heterocycles. The maximum absolute atomic E-state index is 13.4. The Morgan fingerprint density at radius 2 is 1.50 bits per heavy atom. The van der Waals surface area contributed by atoms with Crippen LogP contribution in [0.1, 0.15) is 54.0 Å². The van der Waals surface area contributed by atoms with E-state index < -0.39 is 37.1 Å². The first-order valence-electron chi connectivity index (χ1n) is 15.0. The second-order valence-electron chi connectivity index (χ2n) is 13.2. The number of carbonyl (C=O) groups excluding carboxylic acids is 1. The van der Waals surface area contributed by atoms with Crippen molar-refractivity contribution in [2.24, 2.45) is 0 Å². The van der Waals surface area contributed by atoms with Gasteiger partial charge in [0.25, 0.3) is 14.0 Å². The molecule has 3 aromatic carbocycles. The van der Waals surface area contributed by atoms with Crippen molar-refractivity contribution >= 4 is 36.5 Å². The van der Waals surface area contributed by atoms with E-state index in [1.807, 2.05) is 64.1 Å². The molecule has 9 heteroatoms. The fraction of sp³-hybridized carbons (Fsp3) is 0.400. The van der Waals surface area contributed by atoms with Crippen LogP contribution in [0.3, 0.4) is 0 Å². The standard InChI is InChI=1S/C35H44N2O6Si/c1-26-32(25-41-44(35(5,6)7,29-17-10-8-11-18-29)30-19-12-9-13-20-30)42-28(24-36(26)33(38)43-34(2,3)4)23-22-27-16-14-15-21-31(27)37(39)40/h8-23,26,28,32H,24-25H2,1-7H3/b23-22+/t26-,28-,32-/m1/s1. The van der Waals surface area contributed by atoms with Gasteiger partial charge in [0, 0.05) is 6.07 Å². The molecule has 3 atom stereocenters. The maximum atomic E-state index is 13.4. The van der Waals surface area contributed by atoms with Gasteiger partial charge in [0.1, 0.15) is 11.7 Å². The van der Waals surface area contributed by atoms with E-state index in [0.29, 0.717) is 5.56 Å². The molecule has 234 valence electrons. The summed E-state index contributed by atoms with van der Waals surface area (Å²) in [6.07, 6.45) is 2.01. The van der Waals surface area contributed by atoms with Crippen molar-refractivity contribution in [3.63, 3.8) is 0 Å². The van der Waals surface area contributed by atoms with Crippen LogP contribution in [0, 0.1) is 10.1 Å². The number of para-hydroxylation sites is 1. The summed E-state index contributed by atoms with van der Waals surface area (Å²) in [6, 6.07) is 27.0. The molecule has 4 rings (SSSR count). The van der Waals surface area contributed by atoms with Crippen LogP contribution in [0.4, 0.5) is 10.5 Å². The number of hydrogen-bond donors (Lipinski definition) is 0. The molecule has 1 aliphatic rings. The monoisotopic (exact) mass is 616 g/mol. The van der Waals surface area contributed by atoms with Gasteiger partial charge in [0.15, 0.2) is 0 Å². The molecule has 0 aliphatic carbocycles. The van der Waals surface area contributed by atoms with Crippen molar-refractivity contribution < 1.29 is 23.6 Å². The number of nitro groups is 1. The van der Waals surface area contributed by atoms with Crippen LogP contribution in [0.15, 0.2) is 91.0 Å². The summed E-state index contributed by atoms with van der Waals surface area (Å²) in [5.74, 6) is 0. The van der Waals surface area contributed by atoms with Gasteiger partial charge in [-0.25, -0.2) is 4.79 Å². The van der Waals surface area contributed by atoms with Crippen LogP contribution in [0.2, 0.25) is 5.04 Å². The number of hydrogen-bond acceptors (Lipinski definition) is 6. The number of amides is 1. The van der Waals surface area contributed by atoms with E-state index in [2.05, 4.69) is 45.0 Å². The van der Waals surface area contributed by atoms with Crippen molar-refractivity contribution in [1.29, 1.82) is 0 Å². The fourth-order valence-corrected chi connectivity index (χ4v) is 10.3. The van der Waals surface area contributed by atoms with Gasteiger partial charge in [0.2, 0.25) is 0 Å². The van der Waals surface area contributed by atoms with Crippen molar-refractivity contribution in [1.82, 2.24) is 4.90 Å². The second kappa shape index (κ2) is 13.5. The molecule has 1 heterocycles. The van der Waals surface area contributed by atoms with Crippen LogP contribution >= 0.6 is 0 Å². The van der Waals surface area contributed by atoms with E-state index in [9.17, 15) is 14.9 Å². The summed E-state index contributed by atoms with van der Waals surface area (Å²) in [7, 11) is -2.87. The molecule has 0 N–H and O–H groups in total. The van der Waals surface area contributed by atoms with E-state index in [4.69, 9.17) is 13.9 Å². The average Bonchev–Trinajstić information content (AvgIpc) is 2.97. The van der Waals surface area contributed by atoms with Crippen LogP contribution in [-0.2, 0) is 13.9 Å². The number of rotatable bonds is 8. The van der Waals surface area contributed by atoms with Crippen molar-refractivity contribution in [3.8, 4) is 0 Å². The topological polar surface area (TPSA) is 91.1 Å². The quantitative estimate of drug-likeness (QED) is 0.161. The molecule has 1 aliphatic heterocycles. The SMILES string of the molecule is C[C@@H]1[C@@H](CO[Si](c2ccccc2)(c2ccccc2)C(C)(C)C)O[C@H](/C=C/c2ccccc2[N+](=O)[O-])CN1C(=O)OC(C)(C)C. The van der Waals surface area contributed by atoms with Gasteiger partial charge < -0.3 is 13.9 Å². The summed E-state index contributed by atoms with van der Waals surface area (Å²) < 4.78 is 19.6. The normalized spacial score (nSPS) is 19.6. The Kier molecular flexibility index (Phi) is 10.1. The van der Waals surface area contributed by atoms with Crippen LogP contribution < -0.4 is 10.4 Å². The van der Waals surface area contributed by atoms with Gasteiger partial charge in [-0.05, 0) is 55.2 Å². The van der Waals surface area contributed by atoms with E-state index >= 15 is 0 Å². The Labute approximate surface area is 261 Å². The largest absolute Gasteiger partial charge is 0.444 e. The summed E-state index contributed by atoms with van der Waals surface area (Å²) in [5, 5.41) is 13.7. The Morgan fingerprint density at radius 3 is 2.02 bits per heavy atom. The third kappa shape index (κ3) is 7.46. The molecule has 8 nitrogen and oxygen atoms in total. The number of ether oxygens (including phenoxy) is 2. The lowest BCUT2D eigenvalue weighted by Crippen LogP contribution is -2.68. The Morgan fingerprint density at radius 1 is 0.955 bits per heavy atom. The molecule has 0 spiro atoms. The Hall–Kier alpha value is -3.79. The van der Waals surface area contributed by atoms with Crippen LogP contribution in [-0.4, -0.2) is 61.2 Å². The summed E-state index contributed by atoms with van der Waals surface area (Å²) in [4.78, 5) is 26.3. The number of nitrogens with zero attached hydrogens (tertiary/aromatic N) is 2. The van der Waals surface area contributed by atoms with E-state index in [1.54, 1.807) is 35.3 Å². The molecular weight excluding hydrogens is 572 g/mol. The van der Waals surface area contributed by atoms with Gasteiger partial charge in [-0.15, -0.1) is 0 Å². The predicted octanol–water partition coefficient (Wildman–Crippen LogP) is 6.58. The zero-order valence-corrected chi connectivity index (χ0v) is 27.7. The number of nitro benzene ring substituents is 1. The van der Waals surface area contributed by atoms with Crippen LogP contribution in [0.5, 0.6) is 0 Å². The maximum Gasteiger partial charge on any atom is 0.410 e. The first kappa shape index (κ1) is 33.1. The molecule has 0 unspecified atom stereocenters. The highest BCUT2D eigenvalue weighted by Gasteiger charge is 2.51. The van der Waals surface area contributed by atoms with Gasteiger partial charge in [0.05, 0.1) is 35.8 Å². The van der Waals surface area contributed by atoms with Crippen molar-refractivity contribution in [2.75, 3.05) is 13.2 Å². The van der Waals surface area contributed by atoms with Crippen LogP contribution in [0.25, 0.3) is 6.08 Å². The van der Waals surface area contributed by atoms with E-state index in [1.165, 1.54) is 6.07 Å². The molecule has 1 amide bonds. The molecule has 3 aromatic rings. The minimum Gasteiger partial charge on any atom is -0.444 e. The summed E-state index contributed by atoms with van der Waals surface area (Å²) >= 11 is 0. The third-order valence-electron chi connectivity index (χ3n) is 7.89. The zero-order chi connectivity index (χ0) is 32.1. The molecule has 0 aromatic heterocycles. The molecule has 44 heavy (non-hydrogen) atoms. The molecule has 0 bridgehead atoms. The average molecular weight is 617 g/mol. The van der Waals surface area contributed by atoms with Crippen molar-refractivity contribution in [3.05, 3.63) is 107 Å².